The van der Waals surface area contributed by atoms with Gasteiger partial charge in [-0.25, -0.2) is 0 Å². The molecule has 0 bridgehead atoms. The predicted octanol–water partition coefficient (Wildman–Crippen LogP) is 1.01. The number of aliphatic carboxylic acids is 1. The van der Waals surface area contributed by atoms with Crippen LogP contribution in [0.2, 0.25) is 0 Å². The zero-order valence-electron chi connectivity index (χ0n) is 8.66. The van der Waals surface area contributed by atoms with E-state index in [0.29, 0.717) is 12.6 Å². The van der Waals surface area contributed by atoms with Gasteiger partial charge in [0, 0.05) is 19.7 Å². The first kappa shape index (κ1) is 11.5. The second-order valence-corrected chi connectivity index (χ2v) is 3.76. The minimum Gasteiger partial charge on any atom is -0.481 e. The molecule has 2 N–H and O–H groups in total. The molecule has 0 aromatic heterocycles. The molecule has 1 fully saturated rings. The number of rotatable bonds is 5. The summed E-state index contributed by atoms with van der Waals surface area (Å²) >= 11 is 0. The standard InChI is InChI=1S/C10H19NO3/c1-14-9-5-3-2-4-8(9)11-7-6-10(12)13/h8-9,11H,2-7H2,1H3,(H,12,13). The highest BCUT2D eigenvalue weighted by molar-refractivity contribution is 5.66. The molecular formula is C10H19NO3. The number of methoxy groups -OCH3 is 1. The van der Waals surface area contributed by atoms with E-state index in [9.17, 15) is 4.79 Å². The number of hydrogen-bond acceptors (Lipinski definition) is 3. The molecular weight excluding hydrogens is 182 g/mol. The summed E-state index contributed by atoms with van der Waals surface area (Å²) in [6.45, 7) is 0.542. The molecule has 0 radical (unpaired) electrons. The van der Waals surface area contributed by atoms with Crippen LogP contribution in [0.3, 0.4) is 0 Å². The molecule has 1 aliphatic rings. The molecule has 1 rings (SSSR count). The van der Waals surface area contributed by atoms with Crippen molar-refractivity contribution in [2.24, 2.45) is 0 Å². The fourth-order valence-corrected chi connectivity index (χ4v) is 1.98. The van der Waals surface area contributed by atoms with Crippen LogP contribution in [0.5, 0.6) is 0 Å². The van der Waals surface area contributed by atoms with Crippen LogP contribution in [0.25, 0.3) is 0 Å². The summed E-state index contributed by atoms with van der Waals surface area (Å²) in [6, 6.07) is 0.341. The monoisotopic (exact) mass is 201 g/mol. The van der Waals surface area contributed by atoms with Crippen LogP contribution < -0.4 is 5.32 Å². The second-order valence-electron chi connectivity index (χ2n) is 3.76. The van der Waals surface area contributed by atoms with E-state index in [0.717, 1.165) is 12.8 Å². The first-order valence-corrected chi connectivity index (χ1v) is 5.22. The van der Waals surface area contributed by atoms with E-state index in [1.807, 2.05) is 0 Å². The van der Waals surface area contributed by atoms with Gasteiger partial charge in [0.15, 0.2) is 0 Å². The van der Waals surface area contributed by atoms with E-state index >= 15 is 0 Å². The minimum absolute atomic E-state index is 0.187. The van der Waals surface area contributed by atoms with E-state index in [-0.39, 0.29) is 12.5 Å². The van der Waals surface area contributed by atoms with Crippen LogP contribution in [0.1, 0.15) is 32.1 Å². The van der Waals surface area contributed by atoms with E-state index in [1.54, 1.807) is 7.11 Å². The lowest BCUT2D eigenvalue weighted by Gasteiger charge is -2.31. The zero-order valence-corrected chi connectivity index (χ0v) is 8.66. The van der Waals surface area contributed by atoms with Gasteiger partial charge in [0.2, 0.25) is 0 Å². The van der Waals surface area contributed by atoms with Crippen molar-refractivity contribution < 1.29 is 14.6 Å². The van der Waals surface area contributed by atoms with Gasteiger partial charge in [-0.2, -0.15) is 0 Å². The largest absolute Gasteiger partial charge is 0.481 e. The molecule has 2 atom stereocenters. The second kappa shape index (κ2) is 5.98. The van der Waals surface area contributed by atoms with Gasteiger partial charge < -0.3 is 15.2 Å². The summed E-state index contributed by atoms with van der Waals surface area (Å²) in [5, 5.41) is 11.7. The number of carboxylic acid groups (broad SMARTS) is 1. The summed E-state index contributed by atoms with van der Waals surface area (Å²) < 4.78 is 5.35. The van der Waals surface area contributed by atoms with Crippen molar-refractivity contribution in [3.05, 3.63) is 0 Å². The Balaban J connectivity index is 2.22. The summed E-state index contributed by atoms with van der Waals surface area (Å²) in [6.07, 6.45) is 5.06. The Morgan fingerprint density at radius 1 is 1.50 bits per heavy atom. The molecule has 4 heteroatoms. The molecule has 0 aromatic carbocycles. The van der Waals surface area contributed by atoms with E-state index in [4.69, 9.17) is 9.84 Å². The molecule has 1 aliphatic carbocycles. The van der Waals surface area contributed by atoms with Gasteiger partial charge in [0.05, 0.1) is 12.5 Å². The number of nitrogens with one attached hydrogen (secondary N) is 1. The number of ether oxygens (including phenoxy) is 1. The summed E-state index contributed by atoms with van der Waals surface area (Å²) in [4.78, 5) is 10.3. The lowest BCUT2D eigenvalue weighted by atomic mass is 9.92. The SMILES string of the molecule is COC1CCCCC1NCCC(=O)O. The van der Waals surface area contributed by atoms with Crippen molar-refractivity contribution in [1.29, 1.82) is 0 Å². The highest BCUT2D eigenvalue weighted by Gasteiger charge is 2.23. The summed E-state index contributed by atoms with van der Waals surface area (Å²) in [5.41, 5.74) is 0. The molecule has 0 saturated heterocycles. The Kier molecular flexibility index (Phi) is 4.90. The maximum absolute atomic E-state index is 10.3. The fraction of sp³-hybridized carbons (Fsp3) is 0.900. The van der Waals surface area contributed by atoms with E-state index in [2.05, 4.69) is 5.32 Å². The molecule has 4 nitrogen and oxygen atoms in total. The van der Waals surface area contributed by atoms with E-state index in [1.165, 1.54) is 12.8 Å². The Morgan fingerprint density at radius 3 is 2.86 bits per heavy atom. The summed E-state index contributed by atoms with van der Waals surface area (Å²) in [5.74, 6) is -0.748. The van der Waals surface area contributed by atoms with Crippen molar-refractivity contribution >= 4 is 5.97 Å². The highest BCUT2D eigenvalue weighted by atomic mass is 16.5. The first-order chi connectivity index (χ1) is 6.74. The van der Waals surface area contributed by atoms with E-state index < -0.39 is 5.97 Å². The Labute approximate surface area is 84.6 Å². The number of carbonyl (C=O) groups is 1. The van der Waals surface area contributed by atoms with Gasteiger partial charge in [-0.1, -0.05) is 12.8 Å². The molecule has 0 amide bonds. The molecule has 0 heterocycles. The first-order valence-electron chi connectivity index (χ1n) is 5.22. The van der Waals surface area contributed by atoms with Crippen LogP contribution in [-0.2, 0) is 9.53 Å². The topological polar surface area (TPSA) is 58.6 Å². The highest BCUT2D eigenvalue weighted by Crippen LogP contribution is 2.20. The molecule has 0 spiro atoms. The third-order valence-corrected chi connectivity index (χ3v) is 2.75. The summed E-state index contributed by atoms with van der Waals surface area (Å²) in [7, 11) is 1.72. The van der Waals surface area contributed by atoms with Crippen molar-refractivity contribution in [3.8, 4) is 0 Å². The third-order valence-electron chi connectivity index (χ3n) is 2.75. The maximum Gasteiger partial charge on any atom is 0.304 e. The van der Waals surface area contributed by atoms with Crippen molar-refractivity contribution in [1.82, 2.24) is 5.32 Å². The Morgan fingerprint density at radius 2 is 2.21 bits per heavy atom. The van der Waals surface area contributed by atoms with Crippen LogP contribution in [0.4, 0.5) is 0 Å². The van der Waals surface area contributed by atoms with Gasteiger partial charge in [0.25, 0.3) is 0 Å². The predicted molar refractivity (Wildman–Crippen MR) is 53.3 cm³/mol. The van der Waals surface area contributed by atoms with Crippen molar-refractivity contribution in [2.75, 3.05) is 13.7 Å². The van der Waals surface area contributed by atoms with Gasteiger partial charge >= 0.3 is 5.97 Å². The van der Waals surface area contributed by atoms with Crippen LogP contribution in [-0.4, -0.2) is 36.9 Å². The molecule has 1 saturated carbocycles. The van der Waals surface area contributed by atoms with Crippen molar-refractivity contribution in [3.63, 3.8) is 0 Å². The molecule has 2 unspecified atom stereocenters. The Hall–Kier alpha value is -0.610. The third kappa shape index (κ3) is 3.64. The molecule has 14 heavy (non-hydrogen) atoms. The number of carboxylic acids is 1. The Bertz CT molecular complexity index is 184. The lowest BCUT2D eigenvalue weighted by molar-refractivity contribution is -0.136. The molecule has 0 aromatic rings. The van der Waals surface area contributed by atoms with Crippen LogP contribution >= 0.6 is 0 Å². The lowest BCUT2D eigenvalue weighted by Crippen LogP contribution is -2.43. The van der Waals surface area contributed by atoms with Crippen LogP contribution in [0, 0.1) is 0 Å². The van der Waals surface area contributed by atoms with Gasteiger partial charge in [-0.05, 0) is 12.8 Å². The van der Waals surface area contributed by atoms with Gasteiger partial charge in [-0.3, -0.25) is 4.79 Å². The molecule has 82 valence electrons. The molecule has 0 aliphatic heterocycles. The zero-order chi connectivity index (χ0) is 10.4. The fourth-order valence-electron chi connectivity index (χ4n) is 1.98. The smallest absolute Gasteiger partial charge is 0.304 e. The van der Waals surface area contributed by atoms with Crippen molar-refractivity contribution in [2.45, 2.75) is 44.2 Å². The number of hydrogen-bond donors (Lipinski definition) is 2. The normalized spacial score (nSPS) is 27.5. The quantitative estimate of drug-likeness (QED) is 0.697. The van der Waals surface area contributed by atoms with Gasteiger partial charge in [-0.15, -0.1) is 0 Å². The maximum atomic E-state index is 10.3. The average molecular weight is 201 g/mol. The average Bonchev–Trinajstić information content (AvgIpc) is 2.18. The van der Waals surface area contributed by atoms with Gasteiger partial charge in [0.1, 0.15) is 0 Å². The van der Waals surface area contributed by atoms with Crippen LogP contribution in [0.15, 0.2) is 0 Å². The minimum atomic E-state index is -0.748.